The lowest BCUT2D eigenvalue weighted by Crippen LogP contribution is -2.37. The third-order valence-corrected chi connectivity index (χ3v) is 6.15. The van der Waals surface area contributed by atoms with Gasteiger partial charge in [-0.25, -0.2) is 0 Å². The molecule has 1 saturated carbocycles. The van der Waals surface area contributed by atoms with Gasteiger partial charge in [0, 0.05) is 19.8 Å². The summed E-state index contributed by atoms with van der Waals surface area (Å²) in [6.45, 7) is 11.4. The number of hydrogen-bond acceptors (Lipinski definition) is 5. The van der Waals surface area contributed by atoms with Crippen molar-refractivity contribution in [3.8, 4) is 0 Å². The fraction of sp³-hybridized carbons (Fsp3) is 0.682. The lowest BCUT2D eigenvalue weighted by atomic mass is 9.88. The van der Waals surface area contributed by atoms with E-state index in [1.807, 2.05) is 0 Å². The highest BCUT2D eigenvalue weighted by atomic mass is 15.1. The molecule has 0 aromatic heterocycles. The molecule has 1 heterocycles. The average Bonchev–Trinajstić information content (AvgIpc) is 3.33. The first-order chi connectivity index (χ1) is 13.2. The Morgan fingerprint density at radius 2 is 1.86 bits per heavy atom. The van der Waals surface area contributed by atoms with Gasteiger partial charge >= 0.3 is 0 Å². The number of amidine groups is 1. The molecule has 2 fully saturated rings. The van der Waals surface area contributed by atoms with Crippen molar-refractivity contribution in [2.75, 3.05) is 33.2 Å². The SMILES string of the molecule is CN/C(=C\C=N)C(=N)/C=C\C(=N)NCC1CC12CCN(CCC(C)(C)C)CC2. The molecule has 0 bridgehead atoms. The quantitative estimate of drug-likeness (QED) is 0.310. The van der Waals surface area contributed by atoms with Gasteiger partial charge in [0.25, 0.3) is 0 Å². The van der Waals surface area contributed by atoms with Crippen molar-refractivity contribution in [1.29, 1.82) is 16.2 Å². The van der Waals surface area contributed by atoms with Crippen LogP contribution in [0.25, 0.3) is 0 Å². The minimum Gasteiger partial charge on any atom is -0.386 e. The first kappa shape index (κ1) is 22.3. The largest absolute Gasteiger partial charge is 0.386 e. The van der Waals surface area contributed by atoms with Crippen molar-refractivity contribution in [3.63, 3.8) is 0 Å². The van der Waals surface area contributed by atoms with Crippen LogP contribution in [0, 0.1) is 33.0 Å². The van der Waals surface area contributed by atoms with Gasteiger partial charge in [0.2, 0.25) is 0 Å². The van der Waals surface area contributed by atoms with Crippen LogP contribution in [0.1, 0.15) is 46.5 Å². The fourth-order valence-electron chi connectivity index (χ4n) is 3.99. The number of hydrogen-bond donors (Lipinski definition) is 5. The molecule has 1 saturated heterocycles. The summed E-state index contributed by atoms with van der Waals surface area (Å²) >= 11 is 0. The van der Waals surface area contributed by atoms with Gasteiger partial charge in [-0.05, 0) is 80.3 Å². The minimum atomic E-state index is 0.267. The van der Waals surface area contributed by atoms with Crippen LogP contribution in [-0.4, -0.2) is 55.9 Å². The van der Waals surface area contributed by atoms with Gasteiger partial charge in [-0.3, -0.25) is 10.8 Å². The van der Waals surface area contributed by atoms with Crippen LogP contribution in [0.15, 0.2) is 23.9 Å². The summed E-state index contributed by atoms with van der Waals surface area (Å²) in [7, 11) is 1.72. The molecule has 1 aliphatic carbocycles. The Morgan fingerprint density at radius 3 is 2.43 bits per heavy atom. The highest BCUT2D eigenvalue weighted by Crippen LogP contribution is 2.59. The summed E-state index contributed by atoms with van der Waals surface area (Å²) < 4.78 is 0. The van der Waals surface area contributed by atoms with Crippen LogP contribution in [-0.2, 0) is 0 Å². The van der Waals surface area contributed by atoms with E-state index in [9.17, 15) is 0 Å². The molecule has 1 unspecified atom stereocenters. The van der Waals surface area contributed by atoms with E-state index in [1.54, 1.807) is 19.2 Å². The van der Waals surface area contributed by atoms with E-state index < -0.39 is 0 Å². The molecule has 2 rings (SSSR count). The normalized spacial score (nSPS) is 22.3. The summed E-state index contributed by atoms with van der Waals surface area (Å²) in [6, 6.07) is 0. The second-order valence-corrected chi connectivity index (χ2v) is 9.45. The summed E-state index contributed by atoms with van der Waals surface area (Å²) in [5.41, 5.74) is 1.75. The zero-order valence-corrected chi connectivity index (χ0v) is 18.0. The lowest BCUT2D eigenvalue weighted by molar-refractivity contribution is 0.146. The number of rotatable bonds is 9. The molecule has 6 nitrogen and oxygen atoms in total. The van der Waals surface area contributed by atoms with E-state index in [0.29, 0.717) is 28.3 Å². The Labute approximate surface area is 170 Å². The van der Waals surface area contributed by atoms with Gasteiger partial charge < -0.3 is 20.9 Å². The maximum atomic E-state index is 8.06. The minimum absolute atomic E-state index is 0.267. The molecule has 5 N–H and O–H groups in total. The molecule has 0 aromatic rings. The first-order valence-corrected chi connectivity index (χ1v) is 10.4. The Balaban J connectivity index is 1.69. The van der Waals surface area contributed by atoms with Crippen LogP contribution in [0.2, 0.25) is 0 Å². The summed E-state index contributed by atoms with van der Waals surface area (Å²) in [5, 5.41) is 29.2. The summed E-state index contributed by atoms with van der Waals surface area (Å²) in [5.74, 6) is 1.02. The predicted molar refractivity (Wildman–Crippen MR) is 119 cm³/mol. The van der Waals surface area contributed by atoms with Crippen LogP contribution in [0.3, 0.4) is 0 Å². The summed E-state index contributed by atoms with van der Waals surface area (Å²) in [4.78, 5) is 2.62. The highest BCUT2D eigenvalue weighted by molar-refractivity contribution is 6.10. The molecule has 156 valence electrons. The van der Waals surface area contributed by atoms with Crippen molar-refractivity contribution >= 4 is 17.8 Å². The monoisotopic (exact) mass is 386 g/mol. The van der Waals surface area contributed by atoms with Gasteiger partial charge in [0.05, 0.1) is 11.4 Å². The van der Waals surface area contributed by atoms with Gasteiger partial charge in [0.15, 0.2) is 0 Å². The van der Waals surface area contributed by atoms with Gasteiger partial charge in [-0.1, -0.05) is 20.8 Å². The molecule has 1 aliphatic heterocycles. The Kier molecular flexibility index (Phi) is 7.58. The van der Waals surface area contributed by atoms with Crippen molar-refractivity contribution < 1.29 is 0 Å². The maximum Gasteiger partial charge on any atom is 0.118 e. The van der Waals surface area contributed by atoms with Crippen molar-refractivity contribution in [1.82, 2.24) is 15.5 Å². The molecule has 0 amide bonds. The number of allylic oxidation sites excluding steroid dienone is 2. The third kappa shape index (κ3) is 6.59. The second-order valence-electron chi connectivity index (χ2n) is 9.45. The smallest absolute Gasteiger partial charge is 0.118 e. The van der Waals surface area contributed by atoms with Crippen molar-refractivity contribution in [2.24, 2.45) is 16.7 Å². The number of piperidine rings is 1. The van der Waals surface area contributed by atoms with E-state index in [0.717, 1.165) is 12.8 Å². The Hall–Kier alpha value is -1.95. The molecular weight excluding hydrogens is 348 g/mol. The standard InChI is InChI=1S/C22H38N6/c1-21(2,3)8-12-28-13-9-22(10-14-28)15-17(22)16-27-20(25)6-5-18(24)19(26-4)7-11-23/h5-7,11,17,23-24,26H,8-10,12-16H2,1-4H3,(H2,25,27)/b6-5-,19-7-,23-11?,24-18?. The zero-order chi connectivity index (χ0) is 20.8. The summed E-state index contributed by atoms with van der Waals surface area (Å²) in [6.07, 6.45) is 11.0. The van der Waals surface area contributed by atoms with E-state index in [4.69, 9.17) is 16.2 Å². The zero-order valence-electron chi connectivity index (χ0n) is 18.0. The maximum absolute atomic E-state index is 8.06. The van der Waals surface area contributed by atoms with E-state index in [1.165, 1.54) is 51.4 Å². The molecule has 28 heavy (non-hydrogen) atoms. The molecule has 0 aromatic carbocycles. The third-order valence-electron chi connectivity index (χ3n) is 6.15. The van der Waals surface area contributed by atoms with E-state index in [2.05, 4.69) is 36.3 Å². The molecule has 1 spiro atoms. The second kappa shape index (κ2) is 9.50. The topological polar surface area (TPSA) is 98.9 Å². The number of likely N-dealkylation sites (tertiary alicyclic amines) is 1. The van der Waals surface area contributed by atoms with Crippen molar-refractivity contribution in [3.05, 3.63) is 23.9 Å². The van der Waals surface area contributed by atoms with E-state index in [-0.39, 0.29) is 5.71 Å². The number of nitrogens with zero attached hydrogens (tertiary/aromatic N) is 1. The molecular formula is C22H38N6. The first-order valence-electron chi connectivity index (χ1n) is 10.4. The fourth-order valence-corrected chi connectivity index (χ4v) is 3.99. The van der Waals surface area contributed by atoms with E-state index >= 15 is 0 Å². The Bertz CT molecular complexity index is 632. The molecule has 6 heteroatoms. The van der Waals surface area contributed by atoms with Crippen LogP contribution in [0.4, 0.5) is 0 Å². The molecule has 2 aliphatic rings. The van der Waals surface area contributed by atoms with Gasteiger partial charge in [0.1, 0.15) is 5.84 Å². The lowest BCUT2D eigenvalue weighted by Gasteiger charge is -2.34. The van der Waals surface area contributed by atoms with Gasteiger partial charge in [-0.15, -0.1) is 0 Å². The van der Waals surface area contributed by atoms with Crippen molar-refractivity contribution in [2.45, 2.75) is 46.5 Å². The van der Waals surface area contributed by atoms with Crippen LogP contribution >= 0.6 is 0 Å². The molecule has 1 atom stereocenters. The number of nitrogens with one attached hydrogen (secondary N) is 5. The van der Waals surface area contributed by atoms with Crippen LogP contribution in [0.5, 0.6) is 0 Å². The highest BCUT2D eigenvalue weighted by Gasteiger charge is 2.54. The average molecular weight is 387 g/mol. The van der Waals surface area contributed by atoms with Gasteiger partial charge in [-0.2, -0.15) is 0 Å². The Morgan fingerprint density at radius 1 is 1.18 bits per heavy atom. The molecule has 0 radical (unpaired) electrons. The van der Waals surface area contributed by atoms with Crippen LogP contribution < -0.4 is 10.6 Å². The predicted octanol–water partition coefficient (Wildman–Crippen LogP) is 3.42.